The van der Waals surface area contributed by atoms with Gasteiger partial charge in [-0.3, -0.25) is 4.72 Å². The van der Waals surface area contributed by atoms with Crippen LogP contribution < -0.4 is 14.8 Å². The number of rotatable bonds is 5. The van der Waals surface area contributed by atoms with Crippen LogP contribution in [0.4, 0.5) is 11.4 Å². The molecule has 34 heavy (non-hydrogen) atoms. The van der Waals surface area contributed by atoms with Gasteiger partial charge in [-0.05, 0) is 72.0 Å². The third kappa shape index (κ3) is 4.24. The van der Waals surface area contributed by atoms with E-state index in [2.05, 4.69) is 22.2 Å². The largest absolute Gasteiger partial charge is 0.495 e. The minimum Gasteiger partial charge on any atom is -0.495 e. The zero-order valence-corrected chi connectivity index (χ0v) is 21.1. The van der Waals surface area contributed by atoms with Gasteiger partial charge in [0.1, 0.15) is 5.75 Å². The number of allylic oxidation sites excluding steroid dienone is 2. The van der Waals surface area contributed by atoms with Crippen LogP contribution in [0.3, 0.4) is 0 Å². The van der Waals surface area contributed by atoms with Gasteiger partial charge >= 0.3 is 0 Å². The van der Waals surface area contributed by atoms with E-state index in [4.69, 9.17) is 39.5 Å². The van der Waals surface area contributed by atoms with Crippen molar-refractivity contribution in [2.24, 2.45) is 5.92 Å². The Morgan fingerprint density at radius 1 is 0.971 bits per heavy atom. The molecule has 1 heterocycles. The highest BCUT2D eigenvalue weighted by Gasteiger charge is 2.39. The standard InChI is InChI=1S/C25H21Cl3N2O3S/c1-33-24-10-6-15(27)12-23(24)30-34(31,32)16-7-9-22-20(13-16)17-3-2-4-18(17)25(29-22)19-8-5-14(26)11-21(19)28/h2-3,5-13,17-18,25,29-30H,4H2,1H3/t17-,18+,25-/m0/s1. The van der Waals surface area contributed by atoms with Gasteiger partial charge in [0.15, 0.2) is 0 Å². The van der Waals surface area contributed by atoms with Gasteiger partial charge in [0.25, 0.3) is 10.0 Å². The van der Waals surface area contributed by atoms with Gasteiger partial charge in [-0.1, -0.05) is 53.0 Å². The fourth-order valence-corrected chi connectivity index (χ4v) is 6.56. The number of halogens is 3. The van der Waals surface area contributed by atoms with Crippen molar-refractivity contribution in [1.29, 1.82) is 0 Å². The first-order valence-corrected chi connectivity index (χ1v) is 13.3. The molecule has 176 valence electrons. The van der Waals surface area contributed by atoms with E-state index in [9.17, 15) is 8.42 Å². The lowest BCUT2D eigenvalue weighted by molar-refractivity contribution is 0.417. The third-order valence-corrected chi connectivity index (χ3v) is 8.51. The first kappa shape index (κ1) is 23.4. The summed E-state index contributed by atoms with van der Waals surface area (Å²) in [6.07, 6.45) is 5.14. The molecular weight excluding hydrogens is 515 g/mol. The van der Waals surface area contributed by atoms with Gasteiger partial charge in [-0.15, -0.1) is 0 Å². The monoisotopic (exact) mass is 534 g/mol. The van der Waals surface area contributed by atoms with Crippen molar-refractivity contribution in [3.63, 3.8) is 0 Å². The maximum Gasteiger partial charge on any atom is 0.262 e. The first-order chi connectivity index (χ1) is 16.3. The fraction of sp³-hybridized carbons (Fsp3) is 0.200. The van der Waals surface area contributed by atoms with Gasteiger partial charge in [-0.2, -0.15) is 0 Å². The Balaban J connectivity index is 1.50. The van der Waals surface area contributed by atoms with Gasteiger partial charge in [0, 0.05) is 26.7 Å². The van der Waals surface area contributed by atoms with Crippen molar-refractivity contribution in [2.75, 3.05) is 17.1 Å². The second-order valence-corrected chi connectivity index (χ2v) is 11.3. The summed E-state index contributed by atoms with van der Waals surface area (Å²) >= 11 is 18.7. The number of ether oxygens (including phenoxy) is 1. The third-order valence-electron chi connectivity index (χ3n) is 6.35. The molecule has 0 aromatic heterocycles. The predicted molar refractivity (Wildman–Crippen MR) is 138 cm³/mol. The molecule has 2 aliphatic rings. The van der Waals surface area contributed by atoms with Crippen LogP contribution in [0.15, 0.2) is 71.6 Å². The predicted octanol–water partition coefficient (Wildman–Crippen LogP) is 7.28. The van der Waals surface area contributed by atoms with E-state index in [0.29, 0.717) is 20.8 Å². The summed E-state index contributed by atoms with van der Waals surface area (Å²) < 4.78 is 34.4. The zero-order valence-electron chi connectivity index (χ0n) is 18.1. The van der Waals surface area contributed by atoms with Crippen LogP contribution in [-0.2, 0) is 10.0 Å². The normalized spacial score (nSPS) is 20.9. The van der Waals surface area contributed by atoms with Crippen molar-refractivity contribution < 1.29 is 13.2 Å². The van der Waals surface area contributed by atoms with Crippen LogP contribution in [-0.4, -0.2) is 15.5 Å². The molecule has 0 spiro atoms. The molecule has 5 rings (SSSR count). The molecule has 0 saturated carbocycles. The average Bonchev–Trinajstić information content (AvgIpc) is 3.29. The zero-order chi connectivity index (χ0) is 24.0. The van der Waals surface area contributed by atoms with E-state index >= 15 is 0 Å². The second-order valence-electron chi connectivity index (χ2n) is 8.34. The summed E-state index contributed by atoms with van der Waals surface area (Å²) in [6.45, 7) is 0. The minimum absolute atomic E-state index is 0.0198. The Labute approximate surface area is 213 Å². The van der Waals surface area contributed by atoms with Crippen LogP contribution in [0, 0.1) is 5.92 Å². The molecular formula is C25H21Cl3N2O3S. The first-order valence-electron chi connectivity index (χ1n) is 10.7. The lowest BCUT2D eigenvalue weighted by Gasteiger charge is -2.38. The van der Waals surface area contributed by atoms with Gasteiger partial charge in [-0.25, -0.2) is 8.42 Å². The number of nitrogens with one attached hydrogen (secondary N) is 2. The van der Waals surface area contributed by atoms with E-state index < -0.39 is 10.0 Å². The molecule has 0 bridgehead atoms. The average molecular weight is 536 g/mol. The van der Waals surface area contributed by atoms with Crippen molar-refractivity contribution >= 4 is 56.2 Å². The number of anilines is 2. The number of hydrogen-bond acceptors (Lipinski definition) is 4. The summed E-state index contributed by atoms with van der Waals surface area (Å²) in [5.41, 5.74) is 3.06. The van der Waals surface area contributed by atoms with Crippen molar-refractivity contribution in [3.05, 3.63) is 92.9 Å². The SMILES string of the molecule is COc1ccc(Cl)cc1NS(=O)(=O)c1ccc2c(c1)[C@H]1C=CC[C@H]1[C@@H](c1ccc(Cl)cc1Cl)N2. The van der Waals surface area contributed by atoms with Crippen LogP contribution in [0.1, 0.15) is 29.5 Å². The van der Waals surface area contributed by atoms with E-state index in [0.717, 1.165) is 23.2 Å². The molecule has 3 aromatic rings. The van der Waals surface area contributed by atoms with Gasteiger partial charge in [0.05, 0.1) is 23.7 Å². The molecule has 2 N–H and O–H groups in total. The number of hydrogen-bond donors (Lipinski definition) is 2. The highest BCUT2D eigenvalue weighted by molar-refractivity contribution is 7.92. The summed E-state index contributed by atoms with van der Waals surface area (Å²) in [4.78, 5) is 0.164. The fourth-order valence-electron chi connectivity index (χ4n) is 4.76. The summed E-state index contributed by atoms with van der Waals surface area (Å²) in [5, 5.41) is 5.18. The molecule has 1 aliphatic carbocycles. The van der Waals surface area contributed by atoms with Crippen molar-refractivity contribution in [1.82, 2.24) is 0 Å². The minimum atomic E-state index is -3.88. The quantitative estimate of drug-likeness (QED) is 0.337. The Kier molecular flexibility index (Phi) is 6.19. The molecule has 0 saturated heterocycles. The van der Waals surface area contributed by atoms with Crippen LogP contribution in [0.5, 0.6) is 5.75 Å². The summed E-state index contributed by atoms with van der Waals surface area (Å²) in [5.74, 6) is 0.642. The second kappa shape index (κ2) is 9.00. The smallest absolute Gasteiger partial charge is 0.262 e. The van der Waals surface area contributed by atoms with Crippen molar-refractivity contribution in [3.8, 4) is 5.75 Å². The van der Waals surface area contributed by atoms with Gasteiger partial charge < -0.3 is 10.1 Å². The molecule has 9 heteroatoms. The van der Waals surface area contributed by atoms with E-state index in [1.54, 1.807) is 36.4 Å². The molecule has 0 fully saturated rings. The number of methoxy groups -OCH3 is 1. The van der Waals surface area contributed by atoms with Crippen LogP contribution in [0.2, 0.25) is 15.1 Å². The lowest BCUT2D eigenvalue weighted by Crippen LogP contribution is -2.29. The Morgan fingerprint density at radius 3 is 2.50 bits per heavy atom. The molecule has 5 nitrogen and oxygen atoms in total. The molecule has 0 amide bonds. The Morgan fingerprint density at radius 2 is 1.74 bits per heavy atom. The number of benzene rings is 3. The highest BCUT2D eigenvalue weighted by atomic mass is 35.5. The van der Waals surface area contributed by atoms with Crippen LogP contribution >= 0.6 is 34.8 Å². The molecule has 3 aromatic carbocycles. The van der Waals surface area contributed by atoms with E-state index in [-0.39, 0.29) is 28.5 Å². The van der Waals surface area contributed by atoms with Gasteiger partial charge in [0.2, 0.25) is 0 Å². The van der Waals surface area contributed by atoms with Crippen LogP contribution in [0.25, 0.3) is 0 Å². The maximum absolute atomic E-state index is 13.2. The summed E-state index contributed by atoms with van der Waals surface area (Å²) in [6, 6.07) is 15.4. The molecule has 1 aliphatic heterocycles. The maximum atomic E-state index is 13.2. The number of sulfonamides is 1. The molecule has 0 radical (unpaired) electrons. The highest BCUT2D eigenvalue weighted by Crippen LogP contribution is 2.51. The lowest BCUT2D eigenvalue weighted by atomic mass is 9.77. The molecule has 3 atom stereocenters. The van der Waals surface area contributed by atoms with Crippen molar-refractivity contribution in [2.45, 2.75) is 23.3 Å². The number of fused-ring (bicyclic) bond motifs is 3. The molecule has 0 unspecified atom stereocenters. The summed E-state index contributed by atoms with van der Waals surface area (Å²) in [7, 11) is -2.40. The Bertz CT molecular complexity index is 1410. The topological polar surface area (TPSA) is 67.4 Å². The van der Waals surface area contributed by atoms with E-state index in [1.807, 2.05) is 12.1 Å². The van der Waals surface area contributed by atoms with E-state index in [1.165, 1.54) is 13.2 Å². The Hall–Kier alpha value is -2.38.